The second-order valence-corrected chi connectivity index (χ2v) is 7.30. The van der Waals surface area contributed by atoms with Gasteiger partial charge in [-0.15, -0.1) is 0 Å². The molecule has 0 bridgehead atoms. The van der Waals surface area contributed by atoms with Crippen LogP contribution in [-0.4, -0.2) is 34.8 Å². The van der Waals surface area contributed by atoms with Crippen molar-refractivity contribution in [1.82, 2.24) is 9.71 Å². The predicted molar refractivity (Wildman–Crippen MR) is 116 cm³/mol. The molecule has 1 aromatic heterocycles. The number of rotatable bonds is 5. The number of nitrogens with zero attached hydrogens (tertiary/aromatic N) is 4. The lowest BCUT2D eigenvalue weighted by atomic mass is 10.0. The van der Waals surface area contributed by atoms with Crippen LogP contribution in [0.1, 0.15) is 21.5 Å². The second-order valence-electron chi connectivity index (χ2n) is 7.30. The molecule has 6 heteroatoms. The third kappa shape index (κ3) is 3.61. The molecular weight excluding hydrogens is 376 g/mol. The van der Waals surface area contributed by atoms with Gasteiger partial charge < -0.3 is 10.1 Å². The first-order valence-electron chi connectivity index (χ1n) is 9.48. The van der Waals surface area contributed by atoms with E-state index in [-0.39, 0.29) is 5.78 Å². The third-order valence-corrected chi connectivity index (χ3v) is 5.04. The summed E-state index contributed by atoms with van der Waals surface area (Å²) < 4.78 is 0.989. The van der Waals surface area contributed by atoms with Crippen LogP contribution in [0.2, 0.25) is 0 Å². The van der Waals surface area contributed by atoms with Gasteiger partial charge in [-0.1, -0.05) is 24.3 Å². The summed E-state index contributed by atoms with van der Waals surface area (Å²) in [6.45, 7) is 0. The number of carbonyl (C=O) groups is 1. The summed E-state index contributed by atoms with van der Waals surface area (Å²) >= 11 is 0. The summed E-state index contributed by atoms with van der Waals surface area (Å²) in [4.78, 5) is 19.0. The lowest BCUT2D eigenvalue weighted by Crippen LogP contribution is -2.09. The molecule has 0 amide bonds. The minimum absolute atomic E-state index is 0.0477. The third-order valence-electron chi connectivity index (χ3n) is 5.04. The molecule has 0 aliphatic rings. The van der Waals surface area contributed by atoms with E-state index in [1.165, 1.54) is 0 Å². The number of imidazole rings is 1. The van der Waals surface area contributed by atoms with Crippen LogP contribution in [0.25, 0.3) is 22.4 Å². The number of hydrogen-bond acceptors (Lipinski definition) is 5. The monoisotopic (exact) mass is 396 g/mol. The molecule has 0 unspecified atom stereocenters. The van der Waals surface area contributed by atoms with E-state index in [9.17, 15) is 10.0 Å². The van der Waals surface area contributed by atoms with Gasteiger partial charge in [0.05, 0.1) is 17.1 Å². The average Bonchev–Trinajstić information content (AvgIpc) is 3.10. The molecule has 0 aliphatic carbocycles. The Morgan fingerprint density at radius 2 is 1.77 bits per heavy atom. The SMILES string of the molecule is CN(C)c1ccc(C(=O)Cc2ccc(-c3nc4ccc(C#N)cc4n3O)cc2)cc1. The first kappa shape index (κ1) is 19.2. The molecule has 0 aliphatic heterocycles. The van der Waals surface area contributed by atoms with Crippen molar-refractivity contribution in [3.8, 4) is 17.5 Å². The fraction of sp³-hybridized carbons (Fsp3) is 0.125. The van der Waals surface area contributed by atoms with E-state index < -0.39 is 0 Å². The van der Waals surface area contributed by atoms with Gasteiger partial charge in [-0.2, -0.15) is 9.99 Å². The van der Waals surface area contributed by atoms with Crippen molar-refractivity contribution in [3.05, 3.63) is 83.4 Å². The Bertz CT molecular complexity index is 1260. The normalized spacial score (nSPS) is 10.7. The Morgan fingerprint density at radius 1 is 1.07 bits per heavy atom. The number of fused-ring (bicyclic) bond motifs is 1. The lowest BCUT2D eigenvalue weighted by molar-refractivity contribution is 0.0993. The molecule has 0 spiro atoms. The largest absolute Gasteiger partial charge is 0.426 e. The number of hydrogen-bond donors (Lipinski definition) is 1. The van der Waals surface area contributed by atoms with E-state index in [0.717, 1.165) is 21.5 Å². The van der Waals surface area contributed by atoms with Gasteiger partial charge >= 0.3 is 0 Å². The molecule has 30 heavy (non-hydrogen) atoms. The number of Topliss-reactive ketones (excluding diaryl/α,β-unsaturated/α-hetero) is 1. The van der Waals surface area contributed by atoms with Gasteiger partial charge in [0.15, 0.2) is 11.6 Å². The highest BCUT2D eigenvalue weighted by Crippen LogP contribution is 2.25. The van der Waals surface area contributed by atoms with Gasteiger partial charge in [-0.05, 0) is 48.0 Å². The fourth-order valence-corrected chi connectivity index (χ4v) is 3.32. The Hall–Kier alpha value is -4.11. The van der Waals surface area contributed by atoms with Crippen molar-refractivity contribution >= 4 is 22.5 Å². The van der Waals surface area contributed by atoms with E-state index in [1.54, 1.807) is 18.2 Å². The molecular formula is C24H20N4O2. The van der Waals surface area contributed by atoms with E-state index in [4.69, 9.17) is 5.26 Å². The summed E-state index contributed by atoms with van der Waals surface area (Å²) in [7, 11) is 3.92. The highest BCUT2D eigenvalue weighted by atomic mass is 16.5. The van der Waals surface area contributed by atoms with Crippen molar-refractivity contribution in [2.24, 2.45) is 0 Å². The molecule has 0 saturated heterocycles. The molecule has 3 aromatic carbocycles. The molecule has 1 N–H and O–H groups in total. The zero-order valence-electron chi connectivity index (χ0n) is 16.7. The predicted octanol–water partition coefficient (Wildman–Crippen LogP) is 4.30. The maximum Gasteiger partial charge on any atom is 0.176 e. The molecule has 1 heterocycles. The van der Waals surface area contributed by atoms with Crippen molar-refractivity contribution in [2.45, 2.75) is 6.42 Å². The lowest BCUT2D eigenvalue weighted by Gasteiger charge is -2.12. The Balaban J connectivity index is 1.54. The minimum Gasteiger partial charge on any atom is -0.426 e. The van der Waals surface area contributed by atoms with E-state index >= 15 is 0 Å². The summed E-state index contributed by atoms with van der Waals surface area (Å²) in [5.74, 6) is 0.434. The van der Waals surface area contributed by atoms with Crippen LogP contribution in [0.3, 0.4) is 0 Å². The van der Waals surface area contributed by atoms with Crippen molar-refractivity contribution in [3.63, 3.8) is 0 Å². The zero-order chi connectivity index (χ0) is 21.3. The summed E-state index contributed by atoms with van der Waals surface area (Å²) in [5.41, 5.74) is 4.86. The summed E-state index contributed by atoms with van der Waals surface area (Å²) in [6.07, 6.45) is 0.294. The average molecular weight is 396 g/mol. The van der Waals surface area contributed by atoms with Crippen LogP contribution in [-0.2, 0) is 6.42 Å². The topological polar surface area (TPSA) is 82.2 Å². The van der Waals surface area contributed by atoms with Crippen LogP contribution < -0.4 is 4.90 Å². The van der Waals surface area contributed by atoms with Crippen LogP contribution in [0, 0.1) is 11.3 Å². The number of benzene rings is 3. The molecule has 0 fully saturated rings. The van der Waals surface area contributed by atoms with Crippen LogP contribution >= 0.6 is 0 Å². The molecule has 0 radical (unpaired) electrons. The number of ketones is 1. The number of anilines is 1. The number of carbonyl (C=O) groups excluding carboxylic acids is 1. The number of aromatic nitrogens is 2. The summed E-state index contributed by atoms with van der Waals surface area (Å²) in [6, 6.07) is 22.0. The van der Waals surface area contributed by atoms with Crippen molar-refractivity contribution in [2.75, 3.05) is 19.0 Å². The number of nitriles is 1. The van der Waals surface area contributed by atoms with Gasteiger partial charge in [-0.3, -0.25) is 4.79 Å². The quantitative estimate of drug-likeness (QED) is 0.402. The van der Waals surface area contributed by atoms with Crippen LogP contribution in [0.5, 0.6) is 0 Å². The van der Waals surface area contributed by atoms with Crippen LogP contribution in [0.4, 0.5) is 5.69 Å². The van der Waals surface area contributed by atoms with Crippen molar-refractivity contribution < 1.29 is 10.0 Å². The Labute approximate surface area is 174 Å². The summed E-state index contributed by atoms with van der Waals surface area (Å²) in [5, 5.41) is 19.5. The minimum atomic E-state index is 0.0477. The highest BCUT2D eigenvalue weighted by Gasteiger charge is 2.13. The van der Waals surface area contributed by atoms with Crippen molar-refractivity contribution in [1.29, 1.82) is 5.26 Å². The fourth-order valence-electron chi connectivity index (χ4n) is 3.32. The maximum absolute atomic E-state index is 12.6. The molecule has 0 saturated carbocycles. The first-order chi connectivity index (χ1) is 14.5. The van der Waals surface area contributed by atoms with E-state index in [2.05, 4.69) is 11.1 Å². The van der Waals surface area contributed by atoms with Gasteiger partial charge in [0.1, 0.15) is 5.52 Å². The van der Waals surface area contributed by atoms with Gasteiger partial charge in [-0.25, -0.2) is 4.98 Å². The van der Waals surface area contributed by atoms with E-state index in [1.807, 2.05) is 67.5 Å². The maximum atomic E-state index is 12.6. The Morgan fingerprint density at radius 3 is 2.40 bits per heavy atom. The highest BCUT2D eigenvalue weighted by molar-refractivity contribution is 5.97. The molecule has 0 atom stereocenters. The van der Waals surface area contributed by atoms with Gasteiger partial charge in [0.25, 0.3) is 0 Å². The van der Waals surface area contributed by atoms with E-state index in [0.29, 0.717) is 34.4 Å². The second kappa shape index (κ2) is 7.72. The molecule has 4 aromatic rings. The standard InChI is InChI=1S/C24H20N4O2/c1-27(2)20-10-8-18(9-11-20)23(29)14-16-3-6-19(7-4-16)24-26-21-12-5-17(15-25)13-22(21)28(24)30/h3-13,30H,14H2,1-2H3. The molecule has 6 nitrogen and oxygen atoms in total. The van der Waals surface area contributed by atoms with Gasteiger partial charge in [0.2, 0.25) is 0 Å². The van der Waals surface area contributed by atoms with Crippen LogP contribution in [0.15, 0.2) is 66.7 Å². The molecule has 148 valence electrons. The first-order valence-corrected chi connectivity index (χ1v) is 9.48. The van der Waals surface area contributed by atoms with Gasteiger partial charge in [0, 0.05) is 37.3 Å². The molecule has 4 rings (SSSR count). The smallest absolute Gasteiger partial charge is 0.176 e. The zero-order valence-corrected chi connectivity index (χ0v) is 16.7. The Kier molecular flexibility index (Phi) is 4.95.